The van der Waals surface area contributed by atoms with Crippen molar-refractivity contribution in [1.82, 2.24) is 14.8 Å². The van der Waals surface area contributed by atoms with Gasteiger partial charge < -0.3 is 9.88 Å². The zero-order valence-corrected chi connectivity index (χ0v) is 15.5. The first-order valence-corrected chi connectivity index (χ1v) is 9.01. The average Bonchev–Trinajstić information content (AvgIpc) is 2.91. The van der Waals surface area contributed by atoms with Crippen molar-refractivity contribution in [2.75, 3.05) is 11.1 Å². The summed E-state index contributed by atoms with van der Waals surface area (Å²) in [4.78, 5) is 12.1. The number of amides is 1. The standard InChI is InChI=1S/C16H19BrN4OS/c1-4-9-21-15(11(2)3)19-20-16(21)23-10-14(22)18-13-7-5-12(17)6-8-13/h4-8,11H,1,9-10H2,2-3H3,(H,18,22). The molecule has 1 N–H and O–H groups in total. The number of rotatable bonds is 7. The number of nitrogens with one attached hydrogen (secondary N) is 1. The Balaban J connectivity index is 1.98. The molecule has 1 aromatic heterocycles. The van der Waals surface area contributed by atoms with Crippen molar-refractivity contribution < 1.29 is 4.79 Å². The van der Waals surface area contributed by atoms with Gasteiger partial charge in [0.15, 0.2) is 5.16 Å². The van der Waals surface area contributed by atoms with Crippen molar-refractivity contribution in [3.63, 3.8) is 0 Å². The summed E-state index contributed by atoms with van der Waals surface area (Å²) in [6.45, 7) is 8.54. The maximum absolute atomic E-state index is 12.1. The summed E-state index contributed by atoms with van der Waals surface area (Å²) in [6, 6.07) is 7.48. The predicted octanol–water partition coefficient (Wildman–Crippen LogP) is 4.08. The number of aromatic nitrogens is 3. The predicted molar refractivity (Wildman–Crippen MR) is 97.8 cm³/mol. The zero-order chi connectivity index (χ0) is 16.8. The van der Waals surface area contributed by atoms with E-state index in [0.717, 1.165) is 21.1 Å². The number of allylic oxidation sites excluding steroid dienone is 1. The Bertz CT molecular complexity index is 682. The Kier molecular flexibility index (Phi) is 6.41. The third-order valence-electron chi connectivity index (χ3n) is 3.03. The zero-order valence-electron chi connectivity index (χ0n) is 13.1. The van der Waals surface area contributed by atoms with Gasteiger partial charge >= 0.3 is 0 Å². The molecule has 1 aromatic carbocycles. The Morgan fingerprint density at radius 3 is 2.70 bits per heavy atom. The van der Waals surface area contributed by atoms with Gasteiger partial charge in [-0.3, -0.25) is 4.79 Å². The fourth-order valence-electron chi connectivity index (χ4n) is 2.00. The fourth-order valence-corrected chi connectivity index (χ4v) is 3.01. The average molecular weight is 395 g/mol. The minimum absolute atomic E-state index is 0.0726. The molecule has 1 heterocycles. The third kappa shape index (κ3) is 4.94. The molecule has 0 spiro atoms. The van der Waals surface area contributed by atoms with Crippen LogP contribution in [-0.4, -0.2) is 26.4 Å². The number of halogens is 1. The maximum Gasteiger partial charge on any atom is 0.234 e. The molecule has 5 nitrogen and oxygen atoms in total. The molecule has 0 atom stereocenters. The number of carbonyl (C=O) groups excluding carboxylic acids is 1. The Labute approximate surface area is 148 Å². The van der Waals surface area contributed by atoms with Gasteiger partial charge in [-0.05, 0) is 24.3 Å². The third-order valence-corrected chi connectivity index (χ3v) is 4.53. The largest absolute Gasteiger partial charge is 0.325 e. The molecule has 1 amide bonds. The highest BCUT2D eigenvalue weighted by Gasteiger charge is 2.15. The Morgan fingerprint density at radius 2 is 2.09 bits per heavy atom. The molecule has 0 aliphatic heterocycles. The van der Waals surface area contributed by atoms with Gasteiger partial charge in [0.1, 0.15) is 5.82 Å². The smallest absolute Gasteiger partial charge is 0.234 e. The van der Waals surface area contributed by atoms with Crippen LogP contribution in [0.5, 0.6) is 0 Å². The molecule has 122 valence electrons. The van der Waals surface area contributed by atoms with Gasteiger partial charge in [0, 0.05) is 22.6 Å². The maximum atomic E-state index is 12.1. The number of hydrogen-bond acceptors (Lipinski definition) is 4. The van der Waals surface area contributed by atoms with Crippen LogP contribution in [0.3, 0.4) is 0 Å². The minimum atomic E-state index is -0.0726. The van der Waals surface area contributed by atoms with Gasteiger partial charge in [-0.25, -0.2) is 0 Å². The van der Waals surface area contributed by atoms with Crippen LogP contribution in [0.15, 0.2) is 46.5 Å². The van der Waals surface area contributed by atoms with E-state index in [0.29, 0.717) is 6.54 Å². The molecule has 0 aliphatic carbocycles. The van der Waals surface area contributed by atoms with E-state index in [1.807, 2.05) is 28.8 Å². The summed E-state index contributed by atoms with van der Waals surface area (Å²) >= 11 is 4.74. The molecular weight excluding hydrogens is 376 g/mol. The van der Waals surface area contributed by atoms with Crippen molar-refractivity contribution >= 4 is 39.3 Å². The monoisotopic (exact) mass is 394 g/mol. The highest BCUT2D eigenvalue weighted by Crippen LogP contribution is 2.22. The molecule has 23 heavy (non-hydrogen) atoms. The summed E-state index contributed by atoms with van der Waals surface area (Å²) in [5, 5.41) is 12.0. The van der Waals surface area contributed by atoms with Gasteiger partial charge in [-0.2, -0.15) is 0 Å². The van der Waals surface area contributed by atoms with Gasteiger partial charge in [-0.1, -0.05) is 47.6 Å². The highest BCUT2D eigenvalue weighted by atomic mass is 79.9. The van der Waals surface area contributed by atoms with Gasteiger partial charge in [0.2, 0.25) is 5.91 Å². The summed E-state index contributed by atoms with van der Waals surface area (Å²) < 4.78 is 2.97. The first kappa shape index (κ1) is 17.7. The van der Waals surface area contributed by atoms with Crippen LogP contribution in [0.2, 0.25) is 0 Å². The van der Waals surface area contributed by atoms with Gasteiger partial charge in [-0.15, -0.1) is 16.8 Å². The summed E-state index contributed by atoms with van der Waals surface area (Å²) in [5.41, 5.74) is 0.772. The van der Waals surface area contributed by atoms with Crippen LogP contribution >= 0.6 is 27.7 Å². The fraction of sp³-hybridized carbons (Fsp3) is 0.312. The van der Waals surface area contributed by atoms with Crippen LogP contribution in [0.25, 0.3) is 0 Å². The molecule has 0 aliphatic rings. The minimum Gasteiger partial charge on any atom is -0.325 e. The molecule has 2 aromatic rings. The molecule has 0 saturated heterocycles. The topological polar surface area (TPSA) is 59.8 Å². The number of thioether (sulfide) groups is 1. The molecule has 0 fully saturated rings. The molecule has 7 heteroatoms. The molecule has 0 radical (unpaired) electrons. The second kappa shape index (κ2) is 8.31. The van der Waals surface area contributed by atoms with Crippen molar-refractivity contribution in [2.24, 2.45) is 0 Å². The Hall–Kier alpha value is -1.60. The lowest BCUT2D eigenvalue weighted by Crippen LogP contribution is -2.14. The van der Waals surface area contributed by atoms with Crippen LogP contribution in [0.4, 0.5) is 5.69 Å². The molecular formula is C16H19BrN4OS. The lowest BCUT2D eigenvalue weighted by Gasteiger charge is -2.09. The van der Waals surface area contributed by atoms with Crippen molar-refractivity contribution in [2.45, 2.75) is 31.5 Å². The highest BCUT2D eigenvalue weighted by molar-refractivity contribution is 9.10. The van der Waals surface area contributed by atoms with E-state index in [9.17, 15) is 4.79 Å². The first-order valence-electron chi connectivity index (χ1n) is 7.23. The molecule has 0 bridgehead atoms. The first-order chi connectivity index (χ1) is 11.0. The van der Waals surface area contributed by atoms with Gasteiger partial charge in [0.05, 0.1) is 5.75 Å². The van der Waals surface area contributed by atoms with E-state index >= 15 is 0 Å². The SMILES string of the molecule is C=CCn1c(SCC(=O)Nc2ccc(Br)cc2)nnc1C(C)C. The van der Waals surface area contributed by atoms with E-state index in [4.69, 9.17) is 0 Å². The van der Waals surface area contributed by atoms with Crippen LogP contribution in [0.1, 0.15) is 25.6 Å². The van der Waals surface area contributed by atoms with Gasteiger partial charge in [0.25, 0.3) is 0 Å². The summed E-state index contributed by atoms with van der Waals surface area (Å²) in [7, 11) is 0. The lowest BCUT2D eigenvalue weighted by atomic mass is 10.2. The van der Waals surface area contributed by atoms with Crippen molar-refractivity contribution in [3.05, 3.63) is 47.2 Å². The van der Waals surface area contributed by atoms with E-state index in [1.54, 1.807) is 6.08 Å². The molecule has 0 unspecified atom stereocenters. The number of carbonyl (C=O) groups is 1. The lowest BCUT2D eigenvalue weighted by molar-refractivity contribution is -0.113. The van der Waals surface area contributed by atoms with Crippen LogP contribution < -0.4 is 5.32 Å². The molecule has 0 saturated carbocycles. The van der Waals surface area contributed by atoms with E-state index < -0.39 is 0 Å². The summed E-state index contributed by atoms with van der Waals surface area (Å²) in [5.74, 6) is 1.38. The number of benzene rings is 1. The van der Waals surface area contributed by atoms with Crippen LogP contribution in [0, 0.1) is 0 Å². The summed E-state index contributed by atoms with van der Waals surface area (Å²) in [6.07, 6.45) is 1.81. The normalized spacial score (nSPS) is 10.8. The number of nitrogens with zero attached hydrogens (tertiary/aromatic N) is 3. The van der Waals surface area contributed by atoms with Crippen molar-refractivity contribution in [1.29, 1.82) is 0 Å². The number of hydrogen-bond donors (Lipinski definition) is 1. The van der Waals surface area contributed by atoms with E-state index in [1.165, 1.54) is 11.8 Å². The second-order valence-corrected chi connectivity index (χ2v) is 7.10. The number of anilines is 1. The second-order valence-electron chi connectivity index (χ2n) is 5.24. The Morgan fingerprint density at radius 1 is 1.39 bits per heavy atom. The van der Waals surface area contributed by atoms with Crippen molar-refractivity contribution in [3.8, 4) is 0 Å². The quantitative estimate of drug-likeness (QED) is 0.567. The van der Waals surface area contributed by atoms with Crippen LogP contribution in [-0.2, 0) is 11.3 Å². The van der Waals surface area contributed by atoms with E-state index in [2.05, 4.69) is 51.9 Å². The molecule has 2 rings (SSSR count). The van der Waals surface area contributed by atoms with E-state index in [-0.39, 0.29) is 17.6 Å².